The van der Waals surface area contributed by atoms with E-state index in [0.29, 0.717) is 11.2 Å². The topological polar surface area (TPSA) is 138 Å². The van der Waals surface area contributed by atoms with Crippen molar-refractivity contribution in [3.8, 4) is 0 Å². The third kappa shape index (κ3) is 2.14. The third-order valence-corrected chi connectivity index (χ3v) is 5.19. The first-order valence-corrected chi connectivity index (χ1v) is 8.97. The van der Waals surface area contributed by atoms with Gasteiger partial charge in [0.05, 0.1) is 12.9 Å². The number of nitrogens with two attached hydrogens (primary N) is 1. The molecule has 0 amide bonds. The zero-order valence-corrected chi connectivity index (χ0v) is 12.7. The summed E-state index contributed by atoms with van der Waals surface area (Å²) in [5.41, 5.74) is 6.60. The van der Waals surface area contributed by atoms with Gasteiger partial charge in [0, 0.05) is 0 Å². The second kappa shape index (κ2) is 4.90. The Hall–Kier alpha value is -1.20. The molecule has 0 saturated carbocycles. The molecule has 2 aliphatic heterocycles. The molecule has 118 valence electrons. The summed E-state index contributed by atoms with van der Waals surface area (Å²) in [5, 5.41) is 10.3. The molecule has 12 heteroatoms. The van der Waals surface area contributed by atoms with Crippen molar-refractivity contribution in [3.63, 3.8) is 0 Å². The summed E-state index contributed by atoms with van der Waals surface area (Å²) in [6, 6.07) is 0. The van der Waals surface area contributed by atoms with Crippen LogP contribution in [0, 0.1) is 0 Å². The van der Waals surface area contributed by atoms with E-state index in [2.05, 4.69) is 15.0 Å². The molecule has 0 spiro atoms. The van der Waals surface area contributed by atoms with Crippen molar-refractivity contribution < 1.29 is 23.8 Å². The molecule has 5 atom stereocenters. The highest BCUT2D eigenvalue weighted by Gasteiger charge is 2.51. The number of imidazole rings is 1. The van der Waals surface area contributed by atoms with E-state index in [1.54, 1.807) is 4.57 Å². The molecule has 2 aromatic heterocycles. The lowest BCUT2D eigenvalue weighted by Gasteiger charge is -2.25. The SMILES string of the molecule is Nc1ncnc2c1ncn2[C@@H]1O[C@@H]2COP(O)(=S)O[C@@H]1[C@@H]2O. The number of aliphatic hydroxyl groups is 1. The second-order valence-corrected chi connectivity index (χ2v) is 7.76. The second-order valence-electron chi connectivity index (χ2n) is 4.97. The first-order valence-electron chi connectivity index (χ1n) is 6.38. The van der Waals surface area contributed by atoms with Gasteiger partial charge in [0.25, 0.3) is 0 Å². The van der Waals surface area contributed by atoms with E-state index in [1.165, 1.54) is 12.7 Å². The zero-order chi connectivity index (χ0) is 15.5. The van der Waals surface area contributed by atoms with Crippen LogP contribution in [-0.4, -0.2) is 54.4 Å². The van der Waals surface area contributed by atoms with E-state index in [-0.39, 0.29) is 12.4 Å². The van der Waals surface area contributed by atoms with Crippen LogP contribution in [0.2, 0.25) is 0 Å². The van der Waals surface area contributed by atoms with Gasteiger partial charge in [-0.2, -0.15) is 0 Å². The van der Waals surface area contributed by atoms with Gasteiger partial charge < -0.3 is 25.0 Å². The number of nitrogens with zero attached hydrogens (tertiary/aromatic N) is 4. The molecule has 2 saturated heterocycles. The summed E-state index contributed by atoms with van der Waals surface area (Å²) >= 11 is 4.88. The van der Waals surface area contributed by atoms with Crippen molar-refractivity contribution >= 4 is 35.5 Å². The Bertz CT molecular complexity index is 786. The summed E-state index contributed by atoms with van der Waals surface area (Å²) < 4.78 is 17.8. The van der Waals surface area contributed by atoms with Gasteiger partial charge in [-0.1, -0.05) is 0 Å². The van der Waals surface area contributed by atoms with Gasteiger partial charge >= 0.3 is 6.72 Å². The maximum atomic E-state index is 10.3. The van der Waals surface area contributed by atoms with Crippen molar-refractivity contribution in [2.24, 2.45) is 0 Å². The Morgan fingerprint density at radius 2 is 2.23 bits per heavy atom. The highest BCUT2D eigenvalue weighted by atomic mass is 32.5. The van der Waals surface area contributed by atoms with Crippen LogP contribution < -0.4 is 5.73 Å². The molecule has 0 aromatic carbocycles. The average molecular weight is 345 g/mol. The maximum Gasteiger partial charge on any atom is 0.325 e. The Labute approximate surface area is 129 Å². The number of aliphatic hydroxyl groups excluding tert-OH is 1. The number of anilines is 1. The number of fused-ring (bicyclic) bond motifs is 3. The zero-order valence-electron chi connectivity index (χ0n) is 11.0. The Morgan fingerprint density at radius 3 is 3.05 bits per heavy atom. The number of aromatic nitrogens is 4. The van der Waals surface area contributed by atoms with Crippen molar-refractivity contribution in [3.05, 3.63) is 12.7 Å². The number of ether oxygens (including phenoxy) is 1. The molecule has 0 aliphatic carbocycles. The molecule has 2 fully saturated rings. The van der Waals surface area contributed by atoms with Crippen LogP contribution in [0.3, 0.4) is 0 Å². The van der Waals surface area contributed by atoms with Crippen LogP contribution in [-0.2, 0) is 25.6 Å². The Balaban J connectivity index is 1.79. The smallest absolute Gasteiger partial charge is 0.325 e. The standard InChI is InChI=1S/C10H12N5O5PS/c11-8-5-9(13-2-12-8)15(3-14-5)10-7-6(16)4(19-10)1-18-21(17,22)20-7/h2-4,6-7,10,16H,1H2,(H,17,22)(H2,11,12,13)/t4-,6-,7-,10-,21?/m1/s1. The number of rotatable bonds is 1. The van der Waals surface area contributed by atoms with Crippen molar-refractivity contribution in [1.82, 2.24) is 19.5 Å². The lowest BCUT2D eigenvalue weighted by Crippen LogP contribution is -2.32. The molecular weight excluding hydrogens is 333 g/mol. The fourth-order valence-electron chi connectivity index (χ4n) is 2.60. The molecule has 1 unspecified atom stereocenters. The fourth-order valence-corrected chi connectivity index (χ4v) is 4.01. The van der Waals surface area contributed by atoms with Crippen LogP contribution in [0.5, 0.6) is 0 Å². The number of nitrogen functional groups attached to an aromatic ring is 1. The van der Waals surface area contributed by atoms with Crippen molar-refractivity contribution in [1.29, 1.82) is 0 Å². The largest absolute Gasteiger partial charge is 0.387 e. The quantitative estimate of drug-likeness (QED) is 0.569. The van der Waals surface area contributed by atoms with E-state index < -0.39 is 31.3 Å². The van der Waals surface area contributed by atoms with E-state index in [9.17, 15) is 10.00 Å². The molecule has 2 bridgehead atoms. The van der Waals surface area contributed by atoms with Crippen LogP contribution in [0.25, 0.3) is 11.2 Å². The normalized spacial score (nSPS) is 38.3. The van der Waals surface area contributed by atoms with E-state index >= 15 is 0 Å². The average Bonchev–Trinajstić information content (AvgIpc) is 2.97. The van der Waals surface area contributed by atoms with Gasteiger partial charge in [-0.15, -0.1) is 0 Å². The number of hydrogen-bond donors (Lipinski definition) is 3. The monoisotopic (exact) mass is 345 g/mol. The molecule has 2 aliphatic rings. The highest BCUT2D eigenvalue weighted by molar-refractivity contribution is 8.07. The minimum Gasteiger partial charge on any atom is -0.387 e. The maximum absolute atomic E-state index is 10.3. The molecule has 22 heavy (non-hydrogen) atoms. The van der Waals surface area contributed by atoms with E-state index in [1.807, 2.05) is 0 Å². The Morgan fingerprint density at radius 1 is 1.41 bits per heavy atom. The molecule has 10 nitrogen and oxygen atoms in total. The summed E-state index contributed by atoms with van der Waals surface area (Å²) in [6.45, 7) is -3.47. The van der Waals surface area contributed by atoms with Crippen LogP contribution in [0.1, 0.15) is 6.23 Å². The van der Waals surface area contributed by atoms with E-state index in [4.69, 9.17) is 31.3 Å². The lowest BCUT2D eigenvalue weighted by atomic mass is 10.1. The molecular formula is C10H12N5O5PS. The minimum atomic E-state index is -3.42. The van der Waals surface area contributed by atoms with Gasteiger partial charge in [0.2, 0.25) is 0 Å². The van der Waals surface area contributed by atoms with Gasteiger partial charge in [0.15, 0.2) is 17.7 Å². The molecule has 0 radical (unpaired) electrons. The van der Waals surface area contributed by atoms with Gasteiger partial charge in [0.1, 0.15) is 30.2 Å². The van der Waals surface area contributed by atoms with Gasteiger partial charge in [-0.05, 0) is 11.8 Å². The predicted octanol–water partition coefficient (Wildman–Crippen LogP) is -0.701. The summed E-state index contributed by atoms with van der Waals surface area (Å²) in [6.07, 6.45) is -0.522. The van der Waals surface area contributed by atoms with Gasteiger partial charge in [-0.25, -0.2) is 15.0 Å². The highest BCUT2D eigenvalue weighted by Crippen LogP contribution is 2.52. The first-order chi connectivity index (χ1) is 10.5. The van der Waals surface area contributed by atoms with Crippen LogP contribution in [0.4, 0.5) is 5.82 Å². The summed E-state index contributed by atoms with van der Waals surface area (Å²) in [5.74, 6) is 0.235. The molecule has 4 rings (SSSR count). The number of hydrogen-bond acceptors (Lipinski definition) is 9. The molecule has 4 heterocycles. The lowest BCUT2D eigenvalue weighted by molar-refractivity contribution is -0.0615. The minimum absolute atomic E-state index is 0.0499. The summed E-state index contributed by atoms with van der Waals surface area (Å²) in [7, 11) is 0. The van der Waals surface area contributed by atoms with Crippen LogP contribution in [0.15, 0.2) is 12.7 Å². The first kappa shape index (κ1) is 14.4. The fraction of sp³-hybridized carbons (Fsp3) is 0.500. The van der Waals surface area contributed by atoms with E-state index in [0.717, 1.165) is 0 Å². The van der Waals surface area contributed by atoms with Crippen molar-refractivity contribution in [2.75, 3.05) is 12.3 Å². The van der Waals surface area contributed by atoms with Crippen molar-refractivity contribution in [2.45, 2.75) is 24.5 Å². The third-order valence-electron chi connectivity index (χ3n) is 3.63. The van der Waals surface area contributed by atoms with Crippen LogP contribution >= 0.6 is 6.72 Å². The predicted molar refractivity (Wildman–Crippen MR) is 77.0 cm³/mol. The Kier molecular flexibility index (Phi) is 3.20. The van der Waals surface area contributed by atoms with Gasteiger partial charge in [-0.3, -0.25) is 9.09 Å². The molecule has 4 N–H and O–H groups in total. The summed E-state index contributed by atoms with van der Waals surface area (Å²) in [4.78, 5) is 22.1. The molecule has 2 aromatic rings.